The van der Waals surface area contributed by atoms with Crippen molar-refractivity contribution in [3.63, 3.8) is 0 Å². The van der Waals surface area contributed by atoms with E-state index in [1.54, 1.807) is 0 Å². The monoisotopic (exact) mass is 185 g/mol. The minimum absolute atomic E-state index is 0.476. The maximum Gasteiger partial charge on any atom is 0.334 e. The zero-order valence-corrected chi connectivity index (χ0v) is 7.61. The van der Waals surface area contributed by atoms with Gasteiger partial charge in [0.1, 0.15) is 0 Å². The molecule has 2 aliphatic rings. The average Bonchev–Trinajstić information content (AvgIpc) is 2.17. The van der Waals surface area contributed by atoms with Crippen molar-refractivity contribution >= 4 is 5.97 Å². The summed E-state index contributed by atoms with van der Waals surface area (Å²) in [6.07, 6.45) is 3.01. The van der Waals surface area contributed by atoms with Gasteiger partial charge < -0.3 is 9.84 Å². The van der Waals surface area contributed by atoms with E-state index in [1.165, 1.54) is 12.8 Å². The first-order valence-corrected chi connectivity index (χ1v) is 4.86. The topological polar surface area (TPSA) is 49.8 Å². The number of hydrogen-bond acceptors (Lipinski definition) is 3. The second-order valence-electron chi connectivity index (χ2n) is 3.80. The molecule has 2 rings (SSSR count). The van der Waals surface area contributed by atoms with E-state index < -0.39 is 12.1 Å². The van der Waals surface area contributed by atoms with Gasteiger partial charge >= 0.3 is 5.97 Å². The van der Waals surface area contributed by atoms with E-state index in [2.05, 4.69) is 4.90 Å². The van der Waals surface area contributed by atoms with Gasteiger partial charge in [-0.1, -0.05) is 6.42 Å². The number of carboxylic acid groups (broad SMARTS) is 1. The first-order chi connectivity index (χ1) is 6.27. The van der Waals surface area contributed by atoms with Crippen molar-refractivity contribution in [3.05, 3.63) is 0 Å². The van der Waals surface area contributed by atoms with E-state index >= 15 is 0 Å². The number of aliphatic carboxylic acids is 1. The van der Waals surface area contributed by atoms with E-state index in [0.29, 0.717) is 19.2 Å². The van der Waals surface area contributed by atoms with Crippen LogP contribution in [-0.2, 0) is 9.53 Å². The number of piperidine rings is 1. The van der Waals surface area contributed by atoms with Gasteiger partial charge in [-0.2, -0.15) is 0 Å². The number of morpholine rings is 1. The van der Waals surface area contributed by atoms with Gasteiger partial charge in [-0.25, -0.2) is 4.79 Å². The molecule has 2 fully saturated rings. The molecule has 0 aromatic rings. The lowest BCUT2D eigenvalue weighted by molar-refractivity contribution is -0.160. The van der Waals surface area contributed by atoms with Crippen LogP contribution in [0.1, 0.15) is 19.3 Å². The Hall–Kier alpha value is -0.610. The standard InChI is InChI=1S/C9H15NO3/c11-9(12)8-5-10-4-2-1-3-7(10)6-13-8/h7-8H,1-6H2,(H,11,12)/t7-,8-/m0/s1. The fourth-order valence-corrected chi connectivity index (χ4v) is 2.13. The van der Waals surface area contributed by atoms with Gasteiger partial charge in [0.05, 0.1) is 6.61 Å². The molecule has 2 heterocycles. The molecule has 1 N–H and O–H groups in total. The molecule has 13 heavy (non-hydrogen) atoms. The number of nitrogens with zero attached hydrogens (tertiary/aromatic N) is 1. The zero-order valence-electron chi connectivity index (χ0n) is 7.61. The summed E-state index contributed by atoms with van der Waals surface area (Å²) in [6, 6.07) is 0.476. The summed E-state index contributed by atoms with van der Waals surface area (Å²) in [4.78, 5) is 12.9. The quantitative estimate of drug-likeness (QED) is 0.639. The molecule has 0 bridgehead atoms. The van der Waals surface area contributed by atoms with Crippen LogP contribution >= 0.6 is 0 Å². The maximum atomic E-state index is 10.7. The first kappa shape index (κ1) is 8.97. The molecule has 0 aromatic heterocycles. The molecule has 2 saturated heterocycles. The lowest BCUT2D eigenvalue weighted by atomic mass is 10.0. The van der Waals surface area contributed by atoms with Crippen LogP contribution in [0.5, 0.6) is 0 Å². The Kier molecular flexibility index (Phi) is 2.51. The van der Waals surface area contributed by atoms with E-state index in [9.17, 15) is 4.79 Å². The Bertz CT molecular complexity index is 207. The van der Waals surface area contributed by atoms with Crippen LogP contribution < -0.4 is 0 Å². The zero-order chi connectivity index (χ0) is 9.26. The van der Waals surface area contributed by atoms with E-state index in [0.717, 1.165) is 13.0 Å². The second kappa shape index (κ2) is 3.64. The third-order valence-electron chi connectivity index (χ3n) is 2.91. The number of ether oxygens (including phenoxy) is 1. The van der Waals surface area contributed by atoms with Crippen LogP contribution in [0.3, 0.4) is 0 Å². The number of rotatable bonds is 1. The van der Waals surface area contributed by atoms with Gasteiger partial charge in [-0.05, 0) is 19.4 Å². The highest BCUT2D eigenvalue weighted by Gasteiger charge is 2.33. The van der Waals surface area contributed by atoms with E-state index in [4.69, 9.17) is 9.84 Å². The van der Waals surface area contributed by atoms with Gasteiger partial charge in [-0.15, -0.1) is 0 Å². The largest absolute Gasteiger partial charge is 0.479 e. The number of carboxylic acids is 1. The molecule has 74 valence electrons. The highest BCUT2D eigenvalue weighted by atomic mass is 16.5. The Labute approximate surface area is 77.5 Å². The van der Waals surface area contributed by atoms with Crippen molar-refractivity contribution in [2.45, 2.75) is 31.4 Å². The molecule has 2 atom stereocenters. The van der Waals surface area contributed by atoms with Crippen LogP contribution in [0, 0.1) is 0 Å². The van der Waals surface area contributed by atoms with Crippen molar-refractivity contribution < 1.29 is 14.6 Å². The van der Waals surface area contributed by atoms with Crippen molar-refractivity contribution in [3.8, 4) is 0 Å². The number of carbonyl (C=O) groups is 1. The maximum absolute atomic E-state index is 10.7. The Morgan fingerprint density at radius 1 is 1.46 bits per heavy atom. The van der Waals surface area contributed by atoms with Crippen molar-refractivity contribution in [1.82, 2.24) is 4.90 Å². The Morgan fingerprint density at radius 2 is 2.31 bits per heavy atom. The molecule has 4 heteroatoms. The molecular weight excluding hydrogens is 170 g/mol. The minimum atomic E-state index is -0.830. The highest BCUT2D eigenvalue weighted by molar-refractivity contribution is 5.72. The van der Waals surface area contributed by atoms with Crippen molar-refractivity contribution in [1.29, 1.82) is 0 Å². The summed E-state index contributed by atoms with van der Waals surface area (Å²) in [6.45, 7) is 2.20. The fourth-order valence-electron chi connectivity index (χ4n) is 2.13. The average molecular weight is 185 g/mol. The fraction of sp³-hybridized carbons (Fsp3) is 0.889. The molecule has 0 unspecified atom stereocenters. The summed E-state index contributed by atoms with van der Waals surface area (Å²) < 4.78 is 5.27. The summed E-state index contributed by atoms with van der Waals surface area (Å²) in [5.41, 5.74) is 0. The molecular formula is C9H15NO3. The van der Waals surface area contributed by atoms with Crippen LogP contribution in [0.25, 0.3) is 0 Å². The highest BCUT2D eigenvalue weighted by Crippen LogP contribution is 2.21. The molecule has 4 nitrogen and oxygen atoms in total. The molecule has 0 aliphatic carbocycles. The molecule has 0 aromatic carbocycles. The Balaban J connectivity index is 1.95. The SMILES string of the molecule is O=C(O)[C@@H]1CN2CCCC[C@H]2CO1. The van der Waals surface area contributed by atoms with Gasteiger partial charge in [0, 0.05) is 12.6 Å². The van der Waals surface area contributed by atoms with Gasteiger partial charge in [-0.3, -0.25) is 4.90 Å². The Morgan fingerprint density at radius 3 is 3.08 bits per heavy atom. The predicted molar refractivity (Wildman–Crippen MR) is 46.6 cm³/mol. The molecule has 0 radical (unpaired) electrons. The molecule has 0 amide bonds. The summed E-state index contributed by atoms with van der Waals surface area (Å²) in [5.74, 6) is -0.830. The first-order valence-electron chi connectivity index (χ1n) is 4.86. The number of fused-ring (bicyclic) bond motifs is 1. The predicted octanol–water partition coefficient (Wildman–Crippen LogP) is 0.324. The van der Waals surface area contributed by atoms with E-state index in [1.807, 2.05) is 0 Å². The number of hydrogen-bond donors (Lipinski definition) is 1. The third kappa shape index (κ3) is 1.84. The van der Waals surface area contributed by atoms with Crippen molar-refractivity contribution in [2.24, 2.45) is 0 Å². The summed E-state index contributed by atoms with van der Waals surface area (Å²) >= 11 is 0. The van der Waals surface area contributed by atoms with Gasteiger partial charge in [0.15, 0.2) is 6.10 Å². The summed E-state index contributed by atoms with van der Waals surface area (Å²) in [5, 5.41) is 8.78. The smallest absolute Gasteiger partial charge is 0.334 e. The van der Waals surface area contributed by atoms with Gasteiger partial charge in [0.25, 0.3) is 0 Å². The second-order valence-corrected chi connectivity index (χ2v) is 3.80. The third-order valence-corrected chi connectivity index (χ3v) is 2.91. The lowest BCUT2D eigenvalue weighted by Gasteiger charge is -2.41. The van der Waals surface area contributed by atoms with Crippen LogP contribution in [0.4, 0.5) is 0 Å². The van der Waals surface area contributed by atoms with Crippen LogP contribution in [-0.4, -0.2) is 47.8 Å². The molecule has 0 saturated carbocycles. The summed E-state index contributed by atoms with van der Waals surface area (Å²) in [7, 11) is 0. The van der Waals surface area contributed by atoms with Crippen molar-refractivity contribution in [2.75, 3.05) is 19.7 Å². The lowest BCUT2D eigenvalue weighted by Crippen LogP contribution is -2.53. The normalized spacial score (nSPS) is 35.4. The molecule has 2 aliphatic heterocycles. The van der Waals surface area contributed by atoms with Crippen LogP contribution in [0.15, 0.2) is 0 Å². The minimum Gasteiger partial charge on any atom is -0.479 e. The van der Waals surface area contributed by atoms with Gasteiger partial charge in [0.2, 0.25) is 0 Å². The van der Waals surface area contributed by atoms with Crippen LogP contribution in [0.2, 0.25) is 0 Å². The molecule has 0 spiro atoms. The van der Waals surface area contributed by atoms with E-state index in [-0.39, 0.29) is 0 Å².